The zero-order chi connectivity index (χ0) is 70.3. The van der Waals surface area contributed by atoms with Gasteiger partial charge in [-0.1, -0.05) is 81.6 Å². The van der Waals surface area contributed by atoms with Crippen molar-refractivity contribution in [3.8, 4) is 0 Å². The summed E-state index contributed by atoms with van der Waals surface area (Å²) in [6.07, 6.45) is 13.2. The van der Waals surface area contributed by atoms with Crippen molar-refractivity contribution in [2.45, 2.75) is 185 Å². The Morgan fingerprint density at radius 2 is 1.43 bits per heavy atom. The molecule has 1 aromatic heterocycles. The van der Waals surface area contributed by atoms with Crippen molar-refractivity contribution >= 4 is 58.7 Å². The fourth-order valence-electron chi connectivity index (χ4n) is 15.7. The third kappa shape index (κ3) is 19.8. The first-order chi connectivity index (χ1) is 48.2. The number of carbonyl (C=O) groups excluding carboxylic acids is 7. The Balaban J connectivity index is 0.557. The van der Waals surface area contributed by atoms with Crippen LogP contribution in [0.25, 0.3) is 0 Å². The van der Waals surface area contributed by atoms with Crippen molar-refractivity contribution in [3.05, 3.63) is 113 Å². The van der Waals surface area contributed by atoms with Gasteiger partial charge < -0.3 is 67.0 Å². The van der Waals surface area contributed by atoms with Gasteiger partial charge >= 0.3 is 0 Å². The number of aromatic nitrogens is 2. The molecule has 2 aliphatic carbocycles. The normalized spacial score (nSPS) is 21.9. The van der Waals surface area contributed by atoms with Gasteiger partial charge in [-0.3, -0.25) is 38.5 Å². The van der Waals surface area contributed by atoms with Crippen LogP contribution in [-0.2, 0) is 59.6 Å². The van der Waals surface area contributed by atoms with E-state index < -0.39 is 41.3 Å². The number of halogens is 2. The Hall–Kier alpha value is -7.87. The predicted octanol–water partition coefficient (Wildman–Crippen LogP) is 5.83. The van der Waals surface area contributed by atoms with E-state index in [9.17, 15) is 33.6 Å². The van der Waals surface area contributed by atoms with Crippen molar-refractivity contribution < 1.29 is 42.3 Å². The fraction of sp³-hybridized carbons (Fsp3) is 0.613. The molecule has 0 radical (unpaired) electrons. The molecule has 5 saturated heterocycles. The van der Waals surface area contributed by atoms with E-state index in [-0.39, 0.29) is 96.8 Å². The summed E-state index contributed by atoms with van der Waals surface area (Å²) in [5, 5.41) is 25.0. The number of piperazine rings is 2. The number of benzene rings is 3. The van der Waals surface area contributed by atoms with Crippen molar-refractivity contribution in [2.24, 2.45) is 11.3 Å². The van der Waals surface area contributed by atoms with E-state index in [1.165, 1.54) is 24.0 Å². The van der Waals surface area contributed by atoms with E-state index in [0.29, 0.717) is 83.0 Å². The van der Waals surface area contributed by atoms with Gasteiger partial charge in [0.2, 0.25) is 41.4 Å². The molecule has 11 rings (SSSR count). The number of likely N-dealkylation sites (N-methyl/N-ethyl adjacent to an activating group) is 1. The average molecular weight is 1380 g/mol. The smallest absolute Gasteiger partial charge is 0.246 e. The number of carbonyl (C=O) groups is 7. The zero-order valence-electron chi connectivity index (χ0n) is 59.1. The number of hydrogen-bond donors (Lipinski definition) is 8. The van der Waals surface area contributed by atoms with Gasteiger partial charge in [-0.25, -0.2) is 18.7 Å². The summed E-state index contributed by atoms with van der Waals surface area (Å²) in [7, 11) is 1.70. The molecule has 0 unspecified atom stereocenters. The van der Waals surface area contributed by atoms with Crippen LogP contribution in [-0.4, -0.2) is 199 Å². The van der Waals surface area contributed by atoms with E-state index in [4.69, 9.17) is 0 Å². The van der Waals surface area contributed by atoms with E-state index in [2.05, 4.69) is 98.1 Å². The molecule has 25 heteroatoms. The van der Waals surface area contributed by atoms with E-state index in [0.717, 1.165) is 139 Å². The standard InChI is InChI=1S/C75H106F2N16O7/c1-51(78-4)71(98)86-70(55-16-6-5-7-17-55)73(100)93-47-57(41-63(93)72(99)85-61-20-11-18-54-15-8-9-19-58(54)61)84-68(96)22-21-66(94)79-28-12-29-88-35-37-89(38-36-88)30-23-67(95)81-45-53-14-10-13-52(39-53)44-80-64-43-65(83-50-82-64)91-33-26-75(27-34-91)49-92(48-69(97)87-75)62-42-59(76)56(40-60(62)77)46-90-31-24-74(2,3)25-32-90/h8-10,13-15,19,39-40,42-43,50-51,55,57,61,63,70,78H,5-7,11-12,16-18,20-38,41,44-49H2,1-4H3,(H,79,94)(H,81,95)(H,84,96)(H,85,99)(H,86,98)(H,87,97)(H,80,82,83)/t51-,57-,61-,63-,70-/m0/s1. The summed E-state index contributed by atoms with van der Waals surface area (Å²) in [4.78, 5) is 117. The number of aryl methyl sites for hydroxylation is 1. The minimum atomic E-state index is -0.857. The zero-order valence-corrected chi connectivity index (χ0v) is 59.1. The molecular weight excluding hydrogens is 1270 g/mol. The minimum Gasteiger partial charge on any atom is -0.366 e. The number of likely N-dealkylation sites (tertiary alicyclic amines) is 2. The second-order valence-electron chi connectivity index (χ2n) is 29.9. The molecule has 4 aromatic rings. The van der Waals surface area contributed by atoms with Crippen LogP contribution in [0.15, 0.2) is 73.1 Å². The number of piperidine rings is 2. The van der Waals surface area contributed by atoms with Crippen LogP contribution in [0, 0.1) is 23.0 Å². The first-order valence-corrected chi connectivity index (χ1v) is 36.8. The Bertz CT molecular complexity index is 3490. The van der Waals surface area contributed by atoms with Gasteiger partial charge in [-0.05, 0) is 144 Å². The molecule has 6 heterocycles. The molecule has 1 spiro atoms. The Morgan fingerprint density at radius 1 is 0.710 bits per heavy atom. The molecule has 100 heavy (non-hydrogen) atoms. The van der Waals surface area contributed by atoms with Crippen LogP contribution in [0.3, 0.4) is 0 Å². The van der Waals surface area contributed by atoms with Gasteiger partial charge in [0.25, 0.3) is 0 Å². The first-order valence-electron chi connectivity index (χ1n) is 36.8. The molecule has 6 fully saturated rings. The van der Waals surface area contributed by atoms with Crippen LogP contribution in [0.2, 0.25) is 0 Å². The second kappa shape index (κ2) is 34.2. The van der Waals surface area contributed by atoms with E-state index in [1.807, 2.05) is 42.5 Å². The van der Waals surface area contributed by atoms with Crippen LogP contribution < -0.4 is 52.3 Å². The number of anilines is 3. The maximum Gasteiger partial charge on any atom is 0.246 e. The summed E-state index contributed by atoms with van der Waals surface area (Å²) in [5.41, 5.74) is 4.39. The highest BCUT2D eigenvalue weighted by atomic mass is 19.1. The van der Waals surface area contributed by atoms with Crippen molar-refractivity contribution in [1.29, 1.82) is 0 Å². The summed E-state index contributed by atoms with van der Waals surface area (Å²) < 4.78 is 31.4. The molecular formula is C75H106F2N16O7. The number of rotatable bonds is 27. The Kier molecular flexibility index (Phi) is 25.1. The topological polar surface area (TPSA) is 261 Å². The maximum absolute atomic E-state index is 15.8. The van der Waals surface area contributed by atoms with E-state index in [1.54, 1.807) is 23.8 Å². The lowest BCUT2D eigenvalue weighted by molar-refractivity contribution is -0.143. The molecule has 0 bridgehead atoms. The molecule has 5 aliphatic heterocycles. The third-order valence-electron chi connectivity index (χ3n) is 22.1. The van der Waals surface area contributed by atoms with Crippen molar-refractivity contribution in [3.63, 3.8) is 0 Å². The Labute approximate surface area is 588 Å². The van der Waals surface area contributed by atoms with Crippen LogP contribution in [0.1, 0.15) is 157 Å². The quantitative estimate of drug-likeness (QED) is 0.0327. The molecule has 7 amide bonds. The monoisotopic (exact) mass is 1380 g/mol. The number of nitrogens with zero attached hydrogens (tertiary/aromatic N) is 8. The van der Waals surface area contributed by atoms with Gasteiger partial charge in [0, 0.05) is 128 Å². The highest BCUT2D eigenvalue weighted by Crippen LogP contribution is 2.37. The number of nitrogens with one attached hydrogen (secondary N) is 8. The highest BCUT2D eigenvalue weighted by molar-refractivity contribution is 5.94. The van der Waals surface area contributed by atoms with Gasteiger partial charge in [-0.15, -0.1) is 0 Å². The highest BCUT2D eigenvalue weighted by Gasteiger charge is 2.46. The number of hydrogen-bond acceptors (Lipinski definition) is 16. The largest absolute Gasteiger partial charge is 0.366 e. The maximum atomic E-state index is 15.8. The Morgan fingerprint density at radius 3 is 2.19 bits per heavy atom. The third-order valence-corrected chi connectivity index (χ3v) is 22.1. The lowest BCUT2D eigenvalue weighted by Gasteiger charge is -2.48. The molecule has 23 nitrogen and oxygen atoms in total. The van der Waals surface area contributed by atoms with E-state index >= 15 is 8.78 Å². The molecule has 5 atom stereocenters. The summed E-state index contributed by atoms with van der Waals surface area (Å²) in [6.45, 7) is 16.1. The molecule has 7 aliphatic rings. The van der Waals surface area contributed by atoms with Gasteiger partial charge in [-0.2, -0.15) is 0 Å². The second-order valence-corrected chi connectivity index (χ2v) is 29.9. The summed E-state index contributed by atoms with van der Waals surface area (Å²) >= 11 is 0. The molecule has 8 N–H and O–H groups in total. The van der Waals surface area contributed by atoms with Gasteiger partial charge in [0.05, 0.1) is 29.9 Å². The van der Waals surface area contributed by atoms with Gasteiger partial charge in [0.15, 0.2) is 0 Å². The van der Waals surface area contributed by atoms with Crippen LogP contribution in [0.4, 0.5) is 26.1 Å². The minimum absolute atomic E-state index is 0.00245. The van der Waals surface area contributed by atoms with Crippen LogP contribution in [0.5, 0.6) is 0 Å². The fourth-order valence-corrected chi connectivity index (χ4v) is 15.7. The SMILES string of the molecule is CN[C@@H](C)C(=O)N[C@H](C(=O)N1C[C@@H](NC(=O)CCC(=O)NCCCN2CCN(CCC(=O)NCc3cccc(CNc4cc(N5CCC6(CC5)CN(c5cc(F)c(CN7CCC(C)(C)CC7)cc5F)CC(=O)N6)ncn4)c3)CC2)C[C@H]1C(=O)N[C@H]1CCCc2ccccc21)C1CCCCC1. The lowest BCUT2D eigenvalue weighted by Crippen LogP contribution is -2.66. The van der Waals surface area contributed by atoms with Crippen LogP contribution >= 0.6 is 0 Å². The van der Waals surface area contributed by atoms with Gasteiger partial charge in [0.1, 0.15) is 41.7 Å². The summed E-state index contributed by atoms with van der Waals surface area (Å²) in [6, 6.07) is 17.8. The molecule has 542 valence electrons. The summed E-state index contributed by atoms with van der Waals surface area (Å²) in [5.74, 6) is -1.29. The van der Waals surface area contributed by atoms with Crippen molar-refractivity contribution in [1.82, 2.24) is 66.8 Å². The first kappa shape index (κ1) is 73.4. The predicted molar refractivity (Wildman–Crippen MR) is 381 cm³/mol. The van der Waals surface area contributed by atoms with Crippen molar-refractivity contribution in [2.75, 3.05) is 114 Å². The lowest BCUT2D eigenvalue weighted by atomic mass is 9.82. The molecule has 3 aromatic carbocycles. The number of amides is 7. The number of fused-ring (bicyclic) bond motifs is 1. The molecule has 1 saturated carbocycles. The average Bonchev–Trinajstić information content (AvgIpc) is 1.03.